The molecule has 0 bridgehead atoms. The molecule has 0 fully saturated rings. The molecule has 0 spiro atoms. The van der Waals surface area contributed by atoms with Crippen LogP contribution in [0.1, 0.15) is 70.6 Å². The minimum atomic E-state index is -0.186. The molecule has 42 heavy (non-hydrogen) atoms. The Kier molecular flexibility index (Phi) is 7.00. The number of anilines is 3. The highest BCUT2D eigenvalue weighted by molar-refractivity contribution is 6.25. The summed E-state index contributed by atoms with van der Waals surface area (Å²) in [6, 6.07) is 23.8. The smallest absolute Gasteiger partial charge is 0.0653 e. The fourth-order valence-electron chi connectivity index (χ4n) is 7.27. The first kappa shape index (κ1) is 28.2. The first-order valence-electron chi connectivity index (χ1n) is 15.3. The molecule has 4 heteroatoms. The molecule has 0 radical (unpaired) electrons. The molecular weight excluding hydrogens is 512 g/mol. The minimum absolute atomic E-state index is 0.102. The summed E-state index contributed by atoms with van der Waals surface area (Å²) in [4.78, 5) is 10.5. The molecule has 1 aliphatic carbocycles. The van der Waals surface area contributed by atoms with Gasteiger partial charge in [-0.25, -0.2) is 4.99 Å². The van der Waals surface area contributed by atoms with Gasteiger partial charge in [-0.1, -0.05) is 49.2 Å². The number of aliphatic imine (C=N–C) groups is 2. The molecule has 2 aliphatic heterocycles. The van der Waals surface area contributed by atoms with Crippen molar-refractivity contribution in [3.8, 4) is 0 Å². The lowest BCUT2D eigenvalue weighted by Crippen LogP contribution is -2.49. The summed E-state index contributed by atoms with van der Waals surface area (Å²) in [5, 5.41) is 7.55. The Bertz CT molecular complexity index is 1630. The van der Waals surface area contributed by atoms with Crippen LogP contribution in [-0.2, 0) is 0 Å². The molecule has 3 aromatic rings. The van der Waals surface area contributed by atoms with E-state index < -0.39 is 0 Å². The standard InChI is InChI=1S/C38H44N4/c1-23-9-13-27(14-10-23)39-29-17-18-34-32(19-29)26(4)35(38(7,8)41-34)33-21-30(40-28-15-11-24(2)12-16-28)20-31-25(3)22-37(5,6)42-36(31)33/h9-21,25-26,35,39,41H,22H2,1-8H3. The zero-order valence-corrected chi connectivity index (χ0v) is 26.3. The van der Waals surface area contributed by atoms with E-state index in [2.05, 4.69) is 145 Å². The van der Waals surface area contributed by atoms with E-state index in [0.29, 0.717) is 5.92 Å². The number of aryl methyl sites for hydroxylation is 2. The normalized spacial score (nSPS) is 24.9. The first-order chi connectivity index (χ1) is 19.9. The van der Waals surface area contributed by atoms with Gasteiger partial charge in [-0.2, -0.15) is 0 Å². The number of hydrogen-bond acceptors (Lipinski definition) is 4. The lowest BCUT2D eigenvalue weighted by molar-refractivity contribution is 0.340. The van der Waals surface area contributed by atoms with Crippen molar-refractivity contribution in [2.24, 2.45) is 21.8 Å². The molecule has 0 aromatic heterocycles. The van der Waals surface area contributed by atoms with Gasteiger partial charge in [0, 0.05) is 28.5 Å². The first-order valence-corrected chi connectivity index (χ1v) is 15.3. The van der Waals surface area contributed by atoms with Gasteiger partial charge in [0.1, 0.15) is 0 Å². The number of allylic oxidation sites excluding steroid dienone is 3. The maximum atomic E-state index is 5.42. The van der Waals surface area contributed by atoms with Gasteiger partial charge in [0.2, 0.25) is 0 Å². The Hall–Kier alpha value is -3.92. The molecule has 4 nitrogen and oxygen atoms in total. The zero-order valence-electron chi connectivity index (χ0n) is 26.3. The molecule has 6 rings (SSSR count). The van der Waals surface area contributed by atoms with Crippen molar-refractivity contribution >= 4 is 34.2 Å². The SMILES string of the molecule is Cc1ccc(N=C2C=C3C(=NC(C)(C)CC3C)C(C3C(C)c4cc(Nc5ccc(C)cc5)ccc4NC3(C)C)=C2)cc1. The highest BCUT2D eigenvalue weighted by Crippen LogP contribution is 2.50. The zero-order chi connectivity index (χ0) is 29.8. The third-order valence-corrected chi connectivity index (χ3v) is 9.15. The van der Waals surface area contributed by atoms with E-state index >= 15 is 0 Å². The predicted molar refractivity (Wildman–Crippen MR) is 180 cm³/mol. The van der Waals surface area contributed by atoms with Crippen molar-refractivity contribution in [2.45, 2.75) is 78.8 Å². The van der Waals surface area contributed by atoms with Crippen molar-refractivity contribution in [3.63, 3.8) is 0 Å². The Morgan fingerprint density at radius 1 is 0.810 bits per heavy atom. The van der Waals surface area contributed by atoms with Crippen molar-refractivity contribution < 1.29 is 0 Å². The molecule has 3 aliphatic rings. The van der Waals surface area contributed by atoms with Crippen molar-refractivity contribution in [1.29, 1.82) is 0 Å². The van der Waals surface area contributed by atoms with Crippen molar-refractivity contribution in [1.82, 2.24) is 0 Å². The molecule has 0 saturated carbocycles. The second kappa shape index (κ2) is 10.4. The van der Waals surface area contributed by atoms with Crippen molar-refractivity contribution in [3.05, 3.63) is 107 Å². The van der Waals surface area contributed by atoms with Crippen LogP contribution in [-0.4, -0.2) is 22.5 Å². The summed E-state index contributed by atoms with van der Waals surface area (Å²) in [7, 11) is 0. The van der Waals surface area contributed by atoms with Crippen LogP contribution >= 0.6 is 0 Å². The topological polar surface area (TPSA) is 48.8 Å². The Morgan fingerprint density at radius 2 is 1.43 bits per heavy atom. The molecule has 3 aromatic carbocycles. The molecule has 3 atom stereocenters. The maximum absolute atomic E-state index is 5.42. The fourth-order valence-corrected chi connectivity index (χ4v) is 7.27. The summed E-state index contributed by atoms with van der Waals surface area (Å²) in [5.41, 5.74) is 12.7. The van der Waals surface area contributed by atoms with E-state index in [-0.39, 0.29) is 22.9 Å². The van der Waals surface area contributed by atoms with E-state index in [1.807, 2.05) is 0 Å². The van der Waals surface area contributed by atoms with Gasteiger partial charge in [0.05, 0.1) is 22.6 Å². The average molecular weight is 557 g/mol. The quantitative estimate of drug-likeness (QED) is 0.314. The van der Waals surface area contributed by atoms with Gasteiger partial charge in [-0.15, -0.1) is 0 Å². The molecule has 0 amide bonds. The van der Waals surface area contributed by atoms with E-state index in [1.54, 1.807) is 0 Å². The molecule has 216 valence electrons. The minimum Gasteiger partial charge on any atom is -0.379 e. The highest BCUT2D eigenvalue weighted by Gasteiger charge is 2.46. The van der Waals surface area contributed by atoms with E-state index in [4.69, 9.17) is 9.98 Å². The summed E-state index contributed by atoms with van der Waals surface area (Å²) >= 11 is 0. The molecule has 3 unspecified atom stereocenters. The number of nitrogens with zero attached hydrogens (tertiary/aromatic N) is 2. The summed E-state index contributed by atoms with van der Waals surface area (Å²) in [6.07, 6.45) is 5.64. The Morgan fingerprint density at radius 3 is 2.12 bits per heavy atom. The second-order valence-electron chi connectivity index (χ2n) is 13.9. The second-order valence-corrected chi connectivity index (χ2v) is 13.9. The third kappa shape index (κ3) is 5.47. The third-order valence-electron chi connectivity index (χ3n) is 9.15. The van der Waals surface area contributed by atoms with Gasteiger partial charge < -0.3 is 10.6 Å². The summed E-state index contributed by atoms with van der Waals surface area (Å²) < 4.78 is 0. The Labute approximate surface area is 251 Å². The highest BCUT2D eigenvalue weighted by atomic mass is 15.0. The van der Waals surface area contributed by atoms with Gasteiger partial charge in [-0.05, 0) is 131 Å². The lowest BCUT2D eigenvalue weighted by Gasteiger charge is -2.48. The number of benzene rings is 3. The van der Waals surface area contributed by atoms with Gasteiger partial charge in [0.25, 0.3) is 0 Å². The monoisotopic (exact) mass is 556 g/mol. The van der Waals surface area contributed by atoms with Gasteiger partial charge in [0.15, 0.2) is 0 Å². The number of rotatable bonds is 4. The summed E-state index contributed by atoms with van der Waals surface area (Å²) in [5.74, 6) is 0.878. The van der Waals surface area contributed by atoms with E-state index in [0.717, 1.165) is 29.2 Å². The van der Waals surface area contributed by atoms with E-state index in [9.17, 15) is 0 Å². The van der Waals surface area contributed by atoms with Crippen LogP contribution in [0, 0.1) is 25.7 Å². The lowest BCUT2D eigenvalue weighted by atomic mass is 9.64. The Balaban J connectivity index is 1.44. The van der Waals surface area contributed by atoms with E-state index in [1.165, 1.54) is 39.2 Å². The molecular formula is C38H44N4. The van der Waals surface area contributed by atoms with Crippen molar-refractivity contribution in [2.75, 3.05) is 10.6 Å². The van der Waals surface area contributed by atoms with Crippen LogP contribution in [0.15, 0.2) is 100 Å². The fraction of sp³-hybridized carbons (Fsp3) is 0.368. The molecule has 2 N–H and O–H groups in total. The number of nitrogens with one attached hydrogen (secondary N) is 2. The van der Waals surface area contributed by atoms with Crippen LogP contribution in [0.25, 0.3) is 0 Å². The van der Waals surface area contributed by atoms with Crippen LogP contribution in [0.4, 0.5) is 22.7 Å². The molecule has 2 heterocycles. The average Bonchev–Trinajstić information content (AvgIpc) is 2.91. The van der Waals surface area contributed by atoms with Crippen LogP contribution in [0.5, 0.6) is 0 Å². The van der Waals surface area contributed by atoms with Gasteiger partial charge >= 0.3 is 0 Å². The van der Waals surface area contributed by atoms with Crippen LogP contribution in [0.2, 0.25) is 0 Å². The van der Waals surface area contributed by atoms with Gasteiger partial charge in [-0.3, -0.25) is 4.99 Å². The predicted octanol–water partition coefficient (Wildman–Crippen LogP) is 9.87. The number of fused-ring (bicyclic) bond motifs is 2. The number of hydrogen-bond donors (Lipinski definition) is 2. The maximum Gasteiger partial charge on any atom is 0.0653 e. The largest absolute Gasteiger partial charge is 0.379 e. The molecule has 0 saturated heterocycles. The van der Waals surface area contributed by atoms with Crippen LogP contribution < -0.4 is 10.6 Å². The van der Waals surface area contributed by atoms with Crippen LogP contribution in [0.3, 0.4) is 0 Å². The summed E-state index contributed by atoms with van der Waals surface area (Å²) in [6.45, 7) is 18.2.